The molecule has 190 valence electrons. The Kier molecular flexibility index (Phi) is 9.39. The van der Waals surface area contributed by atoms with Crippen molar-refractivity contribution in [2.45, 2.75) is 37.3 Å². The molecule has 8 N–H and O–H groups in total. The topological polar surface area (TPSA) is 204 Å². The van der Waals surface area contributed by atoms with Crippen molar-refractivity contribution in [3.63, 3.8) is 0 Å². The molecular formula is C21H24F2N4O8. The molecule has 1 aromatic carbocycles. The molecule has 0 fully saturated rings. The number of hydrogen-bond acceptors (Lipinski definition) is 8. The lowest BCUT2D eigenvalue weighted by molar-refractivity contribution is -0.145. The zero-order chi connectivity index (χ0) is 26.3. The number of nitrogens with one attached hydrogen (secondary N) is 2. The highest BCUT2D eigenvalue weighted by Gasteiger charge is 2.43. The number of aliphatic imine (C=N–C) groups is 1. The van der Waals surface area contributed by atoms with Crippen LogP contribution in [0.15, 0.2) is 41.1 Å². The number of nitrogens with two attached hydrogens (primary N) is 1. The summed E-state index contributed by atoms with van der Waals surface area (Å²) < 4.78 is 31.7. The van der Waals surface area contributed by atoms with Crippen LogP contribution in [-0.4, -0.2) is 81.2 Å². The molecule has 12 nitrogen and oxygen atoms in total. The molecule has 1 aliphatic rings. The molecule has 5 atom stereocenters. The van der Waals surface area contributed by atoms with Gasteiger partial charge < -0.3 is 36.2 Å². The predicted molar refractivity (Wildman–Crippen MR) is 116 cm³/mol. The summed E-state index contributed by atoms with van der Waals surface area (Å²) in [5.41, 5.74) is 5.78. The van der Waals surface area contributed by atoms with Crippen LogP contribution in [0.5, 0.6) is 0 Å². The first-order valence-corrected chi connectivity index (χ1v) is 10.1. The number of halogens is 2. The van der Waals surface area contributed by atoms with Crippen LogP contribution in [0, 0.1) is 11.6 Å². The fourth-order valence-electron chi connectivity index (χ4n) is 3.17. The summed E-state index contributed by atoms with van der Waals surface area (Å²) in [5, 5.41) is 43.1. The number of benzene rings is 1. The maximum Gasteiger partial charge on any atom is 0.370 e. The molecule has 0 aliphatic carbocycles. The van der Waals surface area contributed by atoms with Gasteiger partial charge in [0.15, 0.2) is 5.96 Å². The van der Waals surface area contributed by atoms with Gasteiger partial charge in [0.1, 0.15) is 29.9 Å². The van der Waals surface area contributed by atoms with E-state index in [1.807, 2.05) is 0 Å². The molecule has 0 aromatic heterocycles. The van der Waals surface area contributed by atoms with Gasteiger partial charge >= 0.3 is 5.97 Å². The van der Waals surface area contributed by atoms with E-state index in [1.165, 1.54) is 0 Å². The standard InChI is InChI=1S/C21H24F2N4O8/c1-9(29)25-17-13(7-15(20(33)34)35-19(17)18(32)14(30)8-28)26-21(24)27-16(31)3-2-10-4-11(22)6-12(23)5-10/h2-7,13-14,17-19,28,30,32H,8H2,1H3,(H,25,29)(H,33,34)(H3,24,26,27,31)/b3-2+/t13-,14+,17+,18+,19+/m0/s1. The number of guanidine groups is 1. The Morgan fingerprint density at radius 2 is 1.86 bits per heavy atom. The Hall–Kier alpha value is -3.88. The van der Waals surface area contributed by atoms with Crippen molar-refractivity contribution in [2.75, 3.05) is 6.61 Å². The number of aliphatic hydroxyl groups is 3. The molecule has 0 bridgehead atoms. The largest absolute Gasteiger partial charge is 0.478 e. The van der Waals surface area contributed by atoms with Gasteiger partial charge in [-0.1, -0.05) is 0 Å². The number of ether oxygens (including phenoxy) is 1. The van der Waals surface area contributed by atoms with Crippen LogP contribution in [0.3, 0.4) is 0 Å². The zero-order valence-corrected chi connectivity index (χ0v) is 18.3. The molecule has 2 amide bonds. The van der Waals surface area contributed by atoms with Gasteiger partial charge in [0, 0.05) is 19.1 Å². The summed E-state index contributed by atoms with van der Waals surface area (Å²) in [6.07, 6.45) is -2.19. The highest BCUT2D eigenvalue weighted by Crippen LogP contribution is 2.25. The normalized spacial score (nSPS) is 22.1. The second-order valence-electron chi connectivity index (χ2n) is 7.42. The average Bonchev–Trinajstić information content (AvgIpc) is 2.76. The van der Waals surface area contributed by atoms with Gasteiger partial charge in [-0.3, -0.25) is 14.9 Å². The van der Waals surface area contributed by atoms with E-state index in [9.17, 15) is 38.5 Å². The van der Waals surface area contributed by atoms with Crippen LogP contribution in [-0.2, 0) is 19.1 Å². The number of aliphatic carboxylic acids is 1. The smallest absolute Gasteiger partial charge is 0.370 e. The highest BCUT2D eigenvalue weighted by molar-refractivity contribution is 6.03. The van der Waals surface area contributed by atoms with Crippen molar-refractivity contribution >= 4 is 29.8 Å². The maximum absolute atomic E-state index is 13.3. The van der Waals surface area contributed by atoms with E-state index in [0.717, 1.165) is 37.3 Å². The minimum Gasteiger partial charge on any atom is -0.478 e. The summed E-state index contributed by atoms with van der Waals surface area (Å²) in [6.45, 7) is 0.224. The summed E-state index contributed by atoms with van der Waals surface area (Å²) in [7, 11) is 0. The van der Waals surface area contributed by atoms with Crippen LogP contribution in [0.2, 0.25) is 0 Å². The van der Waals surface area contributed by atoms with Crippen LogP contribution in [0.4, 0.5) is 8.78 Å². The predicted octanol–water partition coefficient (Wildman–Crippen LogP) is -1.64. The van der Waals surface area contributed by atoms with Crippen molar-refractivity contribution in [3.8, 4) is 0 Å². The molecule has 0 saturated heterocycles. The number of hydrogen-bond donors (Lipinski definition) is 7. The van der Waals surface area contributed by atoms with Crippen molar-refractivity contribution in [2.24, 2.45) is 10.7 Å². The Morgan fingerprint density at radius 1 is 1.23 bits per heavy atom. The fraction of sp³-hybridized carbons (Fsp3) is 0.333. The van der Waals surface area contributed by atoms with E-state index >= 15 is 0 Å². The van der Waals surface area contributed by atoms with Gasteiger partial charge in [-0.15, -0.1) is 0 Å². The number of carbonyl (C=O) groups is 3. The lowest BCUT2D eigenvalue weighted by atomic mass is 9.92. The monoisotopic (exact) mass is 498 g/mol. The third-order valence-corrected chi connectivity index (χ3v) is 4.66. The molecule has 35 heavy (non-hydrogen) atoms. The Bertz CT molecular complexity index is 1040. The molecule has 2 rings (SSSR count). The summed E-state index contributed by atoms with van der Waals surface area (Å²) >= 11 is 0. The van der Waals surface area contributed by atoms with Crippen molar-refractivity contribution in [1.82, 2.24) is 10.6 Å². The summed E-state index contributed by atoms with van der Waals surface area (Å²) in [6, 6.07) is 0.0484. The van der Waals surface area contributed by atoms with E-state index in [-0.39, 0.29) is 5.56 Å². The molecule has 1 aromatic rings. The van der Waals surface area contributed by atoms with Crippen LogP contribution in [0.1, 0.15) is 12.5 Å². The number of aliphatic hydroxyl groups excluding tert-OH is 3. The van der Waals surface area contributed by atoms with Gasteiger partial charge in [0.2, 0.25) is 11.7 Å². The average molecular weight is 498 g/mol. The van der Waals surface area contributed by atoms with Crippen LogP contribution < -0.4 is 16.4 Å². The first-order valence-electron chi connectivity index (χ1n) is 10.1. The number of rotatable bonds is 8. The SMILES string of the molecule is CC(=O)N[C@H]1[C@H]([C@H](O)[C@H](O)CO)OC(C(=O)O)=C[C@@H]1N=C(N)NC(=O)/C=C/c1cc(F)cc(F)c1. The highest BCUT2D eigenvalue weighted by atomic mass is 19.1. The summed E-state index contributed by atoms with van der Waals surface area (Å²) in [4.78, 5) is 39.3. The van der Waals surface area contributed by atoms with Gasteiger partial charge in [0.25, 0.3) is 5.91 Å². The van der Waals surface area contributed by atoms with Gasteiger partial charge in [-0.25, -0.2) is 18.6 Å². The van der Waals surface area contributed by atoms with E-state index in [1.54, 1.807) is 0 Å². The van der Waals surface area contributed by atoms with Crippen LogP contribution in [0.25, 0.3) is 6.08 Å². The van der Waals surface area contributed by atoms with E-state index in [2.05, 4.69) is 15.6 Å². The van der Waals surface area contributed by atoms with E-state index in [0.29, 0.717) is 6.07 Å². The zero-order valence-electron chi connectivity index (χ0n) is 18.3. The molecular weight excluding hydrogens is 474 g/mol. The van der Waals surface area contributed by atoms with E-state index < -0.39 is 78.1 Å². The molecule has 0 spiro atoms. The molecule has 0 unspecified atom stereocenters. The minimum absolute atomic E-state index is 0.0524. The van der Waals surface area contributed by atoms with Crippen molar-refractivity contribution < 1.29 is 48.3 Å². The maximum atomic E-state index is 13.3. The van der Waals surface area contributed by atoms with Crippen molar-refractivity contribution in [1.29, 1.82) is 0 Å². The second-order valence-corrected chi connectivity index (χ2v) is 7.42. The molecule has 0 radical (unpaired) electrons. The Balaban J connectivity index is 2.30. The third-order valence-electron chi connectivity index (χ3n) is 4.66. The number of carboxylic acids is 1. The Morgan fingerprint density at radius 3 is 2.40 bits per heavy atom. The fourth-order valence-corrected chi connectivity index (χ4v) is 3.17. The molecule has 1 aliphatic heterocycles. The van der Waals surface area contributed by atoms with Gasteiger partial charge in [0.05, 0.1) is 18.7 Å². The summed E-state index contributed by atoms with van der Waals surface area (Å²) in [5.74, 6) is -5.97. The molecule has 1 heterocycles. The Labute approximate surface area is 197 Å². The number of carbonyl (C=O) groups excluding carboxylic acids is 2. The van der Waals surface area contributed by atoms with Crippen LogP contribution >= 0.6 is 0 Å². The quantitative estimate of drug-likeness (QED) is 0.125. The molecule has 0 saturated carbocycles. The minimum atomic E-state index is -1.84. The molecule has 14 heteroatoms. The first-order chi connectivity index (χ1) is 16.4. The van der Waals surface area contributed by atoms with Gasteiger partial charge in [-0.05, 0) is 29.8 Å². The first kappa shape index (κ1) is 27.4. The lowest BCUT2D eigenvalue weighted by Gasteiger charge is -2.38. The van der Waals surface area contributed by atoms with Gasteiger partial charge in [-0.2, -0.15) is 0 Å². The number of carboxylic acid groups (broad SMARTS) is 1. The number of nitrogens with zero attached hydrogens (tertiary/aromatic N) is 1. The lowest BCUT2D eigenvalue weighted by Crippen LogP contribution is -2.60. The van der Waals surface area contributed by atoms with E-state index in [4.69, 9.17) is 15.6 Å². The number of amides is 2. The second kappa shape index (κ2) is 12.0. The van der Waals surface area contributed by atoms with Crippen molar-refractivity contribution in [3.05, 3.63) is 53.3 Å². The third kappa shape index (κ3) is 7.84.